The Bertz CT molecular complexity index is 275. The van der Waals surface area contributed by atoms with Crippen molar-refractivity contribution >= 4 is 0 Å². The van der Waals surface area contributed by atoms with Gasteiger partial charge in [0, 0.05) is 6.61 Å². The minimum Gasteiger partial charge on any atom is -0.394 e. The van der Waals surface area contributed by atoms with E-state index < -0.39 is 43.4 Å². The van der Waals surface area contributed by atoms with E-state index in [-0.39, 0.29) is 13.2 Å². The molecule has 1 heterocycles. The molecule has 1 rings (SSSR count). The van der Waals surface area contributed by atoms with E-state index in [0.717, 1.165) is 12.8 Å². The van der Waals surface area contributed by atoms with E-state index in [1.807, 2.05) is 6.92 Å². The third kappa shape index (κ3) is 5.76. The van der Waals surface area contributed by atoms with E-state index in [0.29, 0.717) is 6.61 Å². The second kappa shape index (κ2) is 9.65. The van der Waals surface area contributed by atoms with Gasteiger partial charge in [-0.05, 0) is 6.42 Å². The van der Waals surface area contributed by atoms with Gasteiger partial charge in [-0.1, -0.05) is 13.3 Å². The zero-order chi connectivity index (χ0) is 15.8. The summed E-state index contributed by atoms with van der Waals surface area (Å²) in [5.74, 6) is 0. The topological polar surface area (TPSA) is 129 Å². The van der Waals surface area contributed by atoms with Crippen molar-refractivity contribution in [3.05, 3.63) is 0 Å². The second-order valence-electron chi connectivity index (χ2n) is 5.11. The van der Waals surface area contributed by atoms with E-state index >= 15 is 0 Å². The molecule has 6 atom stereocenters. The first-order valence-corrected chi connectivity index (χ1v) is 7.19. The van der Waals surface area contributed by atoms with Gasteiger partial charge in [0.2, 0.25) is 0 Å². The fourth-order valence-electron chi connectivity index (χ4n) is 1.92. The van der Waals surface area contributed by atoms with Gasteiger partial charge in [-0.2, -0.15) is 0 Å². The molecule has 0 aliphatic carbocycles. The highest BCUT2D eigenvalue weighted by Crippen LogP contribution is 2.21. The number of rotatable bonds is 9. The first-order chi connectivity index (χ1) is 10.0. The Labute approximate surface area is 123 Å². The van der Waals surface area contributed by atoms with Crippen LogP contribution in [0.3, 0.4) is 0 Å². The van der Waals surface area contributed by atoms with Gasteiger partial charge in [-0.25, -0.2) is 0 Å². The fraction of sp³-hybridized carbons (Fsp3) is 1.00. The highest BCUT2D eigenvalue weighted by Gasteiger charge is 2.44. The lowest BCUT2D eigenvalue weighted by atomic mass is 9.99. The fourth-order valence-corrected chi connectivity index (χ4v) is 1.92. The Morgan fingerprint density at radius 2 is 1.81 bits per heavy atom. The van der Waals surface area contributed by atoms with Crippen LogP contribution < -0.4 is 0 Å². The van der Waals surface area contributed by atoms with Gasteiger partial charge in [0.1, 0.15) is 30.5 Å². The highest BCUT2D eigenvalue weighted by atomic mass is 16.7. The molecule has 1 aliphatic heterocycles. The van der Waals surface area contributed by atoms with Crippen molar-refractivity contribution in [2.45, 2.75) is 56.6 Å². The summed E-state index contributed by atoms with van der Waals surface area (Å²) in [4.78, 5) is 0. The first kappa shape index (κ1) is 18.7. The molecule has 8 nitrogen and oxygen atoms in total. The second-order valence-corrected chi connectivity index (χ2v) is 5.11. The molecule has 0 radical (unpaired) electrons. The third-order valence-electron chi connectivity index (χ3n) is 3.25. The van der Waals surface area contributed by atoms with Crippen LogP contribution >= 0.6 is 0 Å². The molecule has 0 aromatic heterocycles. The van der Waals surface area contributed by atoms with Crippen LogP contribution in [0, 0.1) is 0 Å². The SMILES string of the molecule is CCCCOCC(O)CO[C@@H]1O[C@H](CO)[C@H](O)[C@H](O)[C@H]1O. The summed E-state index contributed by atoms with van der Waals surface area (Å²) in [6.45, 7) is 2.00. The van der Waals surface area contributed by atoms with Crippen LogP contribution in [-0.2, 0) is 14.2 Å². The number of unbranched alkanes of at least 4 members (excludes halogenated alkanes) is 1. The van der Waals surface area contributed by atoms with Crippen molar-refractivity contribution in [1.82, 2.24) is 0 Å². The summed E-state index contributed by atoms with van der Waals surface area (Å²) in [7, 11) is 0. The maximum absolute atomic E-state index is 9.73. The van der Waals surface area contributed by atoms with Crippen molar-refractivity contribution in [3.8, 4) is 0 Å². The van der Waals surface area contributed by atoms with E-state index in [9.17, 15) is 20.4 Å². The molecule has 1 aliphatic rings. The van der Waals surface area contributed by atoms with Gasteiger partial charge in [0.05, 0.1) is 19.8 Å². The van der Waals surface area contributed by atoms with E-state index in [1.165, 1.54) is 0 Å². The first-order valence-electron chi connectivity index (χ1n) is 7.19. The number of ether oxygens (including phenoxy) is 3. The van der Waals surface area contributed by atoms with Crippen molar-refractivity contribution in [2.24, 2.45) is 0 Å². The van der Waals surface area contributed by atoms with Crippen LogP contribution in [0.1, 0.15) is 19.8 Å². The average Bonchev–Trinajstić information content (AvgIpc) is 2.48. The van der Waals surface area contributed by atoms with Crippen LogP contribution in [0.2, 0.25) is 0 Å². The number of hydrogen-bond donors (Lipinski definition) is 5. The van der Waals surface area contributed by atoms with Gasteiger partial charge < -0.3 is 39.7 Å². The number of aliphatic hydroxyl groups excluding tert-OH is 5. The summed E-state index contributed by atoms with van der Waals surface area (Å²) >= 11 is 0. The Hall–Kier alpha value is -0.320. The van der Waals surface area contributed by atoms with Gasteiger partial charge in [0.15, 0.2) is 6.29 Å². The molecule has 1 saturated heterocycles. The van der Waals surface area contributed by atoms with Crippen molar-refractivity contribution in [1.29, 1.82) is 0 Å². The number of aliphatic hydroxyl groups is 5. The lowest BCUT2D eigenvalue weighted by Gasteiger charge is -2.39. The maximum atomic E-state index is 9.73. The molecule has 8 heteroatoms. The molecule has 0 amide bonds. The predicted molar refractivity (Wildman–Crippen MR) is 71.5 cm³/mol. The molecule has 1 fully saturated rings. The Balaban J connectivity index is 2.32. The highest BCUT2D eigenvalue weighted by molar-refractivity contribution is 4.88. The number of hydrogen-bond acceptors (Lipinski definition) is 8. The monoisotopic (exact) mass is 310 g/mol. The molecule has 0 saturated carbocycles. The third-order valence-corrected chi connectivity index (χ3v) is 3.25. The molecule has 0 bridgehead atoms. The van der Waals surface area contributed by atoms with Gasteiger partial charge in [-0.3, -0.25) is 0 Å². The Morgan fingerprint density at radius 3 is 2.43 bits per heavy atom. The van der Waals surface area contributed by atoms with E-state index in [1.54, 1.807) is 0 Å². The summed E-state index contributed by atoms with van der Waals surface area (Å²) in [6.07, 6.45) is -5.62. The largest absolute Gasteiger partial charge is 0.394 e. The Kier molecular flexibility index (Phi) is 8.60. The molecular weight excluding hydrogens is 284 g/mol. The lowest BCUT2D eigenvalue weighted by Crippen LogP contribution is -2.59. The van der Waals surface area contributed by atoms with E-state index in [4.69, 9.17) is 19.3 Å². The summed E-state index contributed by atoms with van der Waals surface area (Å²) in [5, 5.41) is 47.6. The van der Waals surface area contributed by atoms with Crippen molar-refractivity contribution < 1.29 is 39.7 Å². The molecule has 1 unspecified atom stereocenters. The molecule has 0 aromatic rings. The molecular formula is C13H26O8. The molecule has 0 spiro atoms. The van der Waals surface area contributed by atoms with Crippen LogP contribution in [0.5, 0.6) is 0 Å². The molecule has 0 aromatic carbocycles. The minimum absolute atomic E-state index is 0.0947. The van der Waals surface area contributed by atoms with Gasteiger partial charge >= 0.3 is 0 Å². The average molecular weight is 310 g/mol. The molecule has 126 valence electrons. The normalized spacial score (nSPS) is 34.9. The summed E-state index contributed by atoms with van der Waals surface area (Å²) in [6, 6.07) is 0. The van der Waals surface area contributed by atoms with Crippen molar-refractivity contribution in [3.63, 3.8) is 0 Å². The van der Waals surface area contributed by atoms with Crippen LogP contribution in [-0.4, -0.2) is 88.8 Å². The predicted octanol–water partition coefficient (Wildman–Crippen LogP) is -2.02. The van der Waals surface area contributed by atoms with Crippen LogP contribution in [0.15, 0.2) is 0 Å². The van der Waals surface area contributed by atoms with Crippen LogP contribution in [0.4, 0.5) is 0 Å². The lowest BCUT2D eigenvalue weighted by molar-refractivity contribution is -0.305. The zero-order valence-corrected chi connectivity index (χ0v) is 12.2. The minimum atomic E-state index is -1.49. The van der Waals surface area contributed by atoms with Gasteiger partial charge in [0.25, 0.3) is 0 Å². The standard InChI is InChI=1S/C13H26O8/c1-2-3-4-19-6-8(15)7-20-13-12(18)11(17)10(16)9(5-14)21-13/h8-18H,2-7H2,1H3/t8?,9-,10+,11+,12-,13-/m1/s1. The molecule has 5 N–H and O–H groups in total. The van der Waals surface area contributed by atoms with E-state index in [2.05, 4.69) is 0 Å². The van der Waals surface area contributed by atoms with Gasteiger partial charge in [-0.15, -0.1) is 0 Å². The maximum Gasteiger partial charge on any atom is 0.186 e. The quantitative estimate of drug-likeness (QED) is 0.309. The summed E-state index contributed by atoms with van der Waals surface area (Å²) < 4.78 is 15.5. The van der Waals surface area contributed by atoms with Crippen LogP contribution in [0.25, 0.3) is 0 Å². The molecule has 21 heavy (non-hydrogen) atoms. The van der Waals surface area contributed by atoms with Crippen molar-refractivity contribution in [2.75, 3.05) is 26.4 Å². The Morgan fingerprint density at radius 1 is 1.10 bits per heavy atom. The zero-order valence-electron chi connectivity index (χ0n) is 12.2. The smallest absolute Gasteiger partial charge is 0.186 e. The summed E-state index contributed by atoms with van der Waals surface area (Å²) in [5.41, 5.74) is 0.